The third-order valence-corrected chi connectivity index (χ3v) is 6.29. The third-order valence-electron chi connectivity index (χ3n) is 5.39. The minimum absolute atomic E-state index is 0.0121. The van der Waals surface area contributed by atoms with Crippen LogP contribution in [0, 0.1) is 5.92 Å². The Bertz CT molecular complexity index is 1070. The number of hydrogen-bond acceptors (Lipinski definition) is 4. The fourth-order valence-electron chi connectivity index (χ4n) is 3.50. The molecule has 1 fully saturated rings. The number of aryl methyl sites for hydroxylation is 1. The quantitative estimate of drug-likeness (QED) is 0.507. The summed E-state index contributed by atoms with van der Waals surface area (Å²) in [6.07, 6.45) is 3.82. The molecule has 2 amide bonds. The van der Waals surface area contributed by atoms with Gasteiger partial charge in [0.2, 0.25) is 11.8 Å². The predicted octanol–water partition coefficient (Wildman–Crippen LogP) is 5.28. The molecule has 2 N–H and O–H groups in total. The highest BCUT2D eigenvalue weighted by Crippen LogP contribution is 2.32. The van der Waals surface area contributed by atoms with Crippen molar-refractivity contribution in [2.45, 2.75) is 45.6 Å². The fraction of sp³-hybridized carbons (Fsp3) is 0.320. The summed E-state index contributed by atoms with van der Waals surface area (Å²) >= 11 is 1.60. The van der Waals surface area contributed by atoms with Gasteiger partial charge in [0.25, 0.3) is 0 Å². The Kier molecular flexibility index (Phi) is 6.47. The highest BCUT2D eigenvalue weighted by molar-refractivity contribution is 7.13. The van der Waals surface area contributed by atoms with Crippen molar-refractivity contribution < 1.29 is 9.59 Å². The van der Waals surface area contributed by atoms with Crippen molar-refractivity contribution in [1.29, 1.82) is 0 Å². The first-order valence-corrected chi connectivity index (χ1v) is 11.6. The molecule has 1 aliphatic carbocycles. The second-order valence-corrected chi connectivity index (χ2v) is 9.08. The van der Waals surface area contributed by atoms with Crippen LogP contribution in [0.4, 0.5) is 5.69 Å². The summed E-state index contributed by atoms with van der Waals surface area (Å²) in [7, 11) is 0. The molecular weight excluding hydrogens is 406 g/mol. The zero-order chi connectivity index (χ0) is 21.8. The Balaban J connectivity index is 1.40. The summed E-state index contributed by atoms with van der Waals surface area (Å²) in [6.45, 7) is 3.58. The van der Waals surface area contributed by atoms with Gasteiger partial charge in [0.1, 0.15) is 5.01 Å². The molecular formula is C25H27N3O2S. The molecule has 0 unspecified atom stereocenters. The number of aromatic nitrogens is 1. The van der Waals surface area contributed by atoms with Crippen LogP contribution in [-0.4, -0.2) is 22.8 Å². The molecule has 0 spiro atoms. The zero-order valence-corrected chi connectivity index (χ0v) is 18.7. The monoisotopic (exact) mass is 433 g/mol. The Hall–Kier alpha value is -2.99. The maximum atomic E-state index is 12.0. The number of amides is 2. The van der Waals surface area contributed by atoms with E-state index in [2.05, 4.69) is 40.3 Å². The summed E-state index contributed by atoms with van der Waals surface area (Å²) in [6, 6.07) is 16.5. The minimum Gasteiger partial charge on any atom is -0.354 e. The number of anilines is 1. The molecule has 1 heterocycles. The van der Waals surface area contributed by atoms with Crippen LogP contribution in [0.5, 0.6) is 0 Å². The molecule has 4 rings (SSSR count). The number of carbonyl (C=O) groups excluding carboxylic acids is 2. The zero-order valence-electron chi connectivity index (χ0n) is 17.9. The van der Waals surface area contributed by atoms with E-state index in [0.717, 1.165) is 53.2 Å². The first-order chi connectivity index (χ1) is 15.0. The standard InChI is InChI=1S/C25H27N3O2S/c1-16(26-17(2)29)6-7-18-8-10-19(11-9-18)23-15-31-25(28-23)21-4-3-5-22(14-21)27-24(30)20-12-13-20/h3-5,8-11,14-16,20H,6-7,12-13H2,1-2H3,(H,26,29)(H,27,30)/t16-/m0/s1. The van der Waals surface area contributed by atoms with E-state index >= 15 is 0 Å². The molecule has 0 aliphatic heterocycles. The number of carbonyl (C=O) groups is 2. The van der Waals surface area contributed by atoms with Crippen molar-refractivity contribution in [3.8, 4) is 21.8 Å². The Morgan fingerprint density at radius 3 is 2.61 bits per heavy atom. The molecule has 6 heteroatoms. The lowest BCUT2D eigenvalue weighted by atomic mass is 10.0. The topological polar surface area (TPSA) is 71.1 Å². The number of nitrogens with one attached hydrogen (secondary N) is 2. The van der Waals surface area contributed by atoms with E-state index in [9.17, 15) is 9.59 Å². The van der Waals surface area contributed by atoms with Crippen LogP contribution in [-0.2, 0) is 16.0 Å². The summed E-state index contributed by atoms with van der Waals surface area (Å²) in [4.78, 5) is 28.0. The number of hydrogen-bond donors (Lipinski definition) is 2. The molecule has 0 radical (unpaired) electrons. The number of benzene rings is 2. The van der Waals surface area contributed by atoms with Crippen LogP contribution in [0.3, 0.4) is 0 Å². The second kappa shape index (κ2) is 9.43. The van der Waals surface area contributed by atoms with Gasteiger partial charge in [0.15, 0.2) is 0 Å². The summed E-state index contributed by atoms with van der Waals surface area (Å²) in [5, 5.41) is 8.93. The van der Waals surface area contributed by atoms with Gasteiger partial charge >= 0.3 is 0 Å². The summed E-state index contributed by atoms with van der Waals surface area (Å²) < 4.78 is 0. The normalized spacial score (nSPS) is 14.1. The van der Waals surface area contributed by atoms with Crippen molar-refractivity contribution in [1.82, 2.24) is 10.3 Å². The third kappa shape index (κ3) is 5.79. The highest BCUT2D eigenvalue weighted by atomic mass is 32.1. The molecule has 1 aromatic heterocycles. The van der Waals surface area contributed by atoms with E-state index in [1.807, 2.05) is 31.2 Å². The van der Waals surface area contributed by atoms with E-state index in [1.54, 1.807) is 18.3 Å². The van der Waals surface area contributed by atoms with Gasteiger partial charge in [-0.15, -0.1) is 11.3 Å². The average molecular weight is 434 g/mol. The van der Waals surface area contributed by atoms with Gasteiger partial charge in [-0.3, -0.25) is 9.59 Å². The van der Waals surface area contributed by atoms with E-state index in [4.69, 9.17) is 4.98 Å². The lowest BCUT2D eigenvalue weighted by Crippen LogP contribution is -2.30. The molecule has 0 bridgehead atoms. The van der Waals surface area contributed by atoms with Crippen LogP contribution in [0.15, 0.2) is 53.9 Å². The first kappa shape index (κ1) is 21.2. The van der Waals surface area contributed by atoms with Crippen LogP contribution in [0.25, 0.3) is 21.8 Å². The lowest BCUT2D eigenvalue weighted by molar-refractivity contribution is -0.119. The lowest BCUT2D eigenvalue weighted by Gasteiger charge is -2.12. The van der Waals surface area contributed by atoms with E-state index in [0.29, 0.717) is 0 Å². The van der Waals surface area contributed by atoms with E-state index < -0.39 is 0 Å². The molecule has 1 saturated carbocycles. The predicted molar refractivity (Wildman–Crippen MR) is 126 cm³/mol. The van der Waals surface area contributed by atoms with Crippen LogP contribution in [0.1, 0.15) is 38.7 Å². The Labute approximate surface area is 186 Å². The second-order valence-electron chi connectivity index (χ2n) is 8.22. The summed E-state index contributed by atoms with van der Waals surface area (Å²) in [5.41, 5.74) is 5.11. The number of rotatable bonds is 8. The molecule has 5 nitrogen and oxygen atoms in total. The maximum Gasteiger partial charge on any atom is 0.227 e. The fourth-order valence-corrected chi connectivity index (χ4v) is 4.33. The van der Waals surface area contributed by atoms with Gasteiger partial charge in [-0.2, -0.15) is 0 Å². The van der Waals surface area contributed by atoms with Crippen molar-refractivity contribution in [3.63, 3.8) is 0 Å². The van der Waals surface area contributed by atoms with Gasteiger partial charge in [0, 0.05) is 41.1 Å². The van der Waals surface area contributed by atoms with E-state index in [-0.39, 0.29) is 23.8 Å². The van der Waals surface area contributed by atoms with Crippen molar-refractivity contribution in [3.05, 3.63) is 59.5 Å². The van der Waals surface area contributed by atoms with Crippen molar-refractivity contribution in [2.75, 3.05) is 5.32 Å². The van der Waals surface area contributed by atoms with Crippen molar-refractivity contribution in [2.24, 2.45) is 5.92 Å². The minimum atomic E-state index is 0.0121. The Morgan fingerprint density at radius 2 is 1.90 bits per heavy atom. The summed E-state index contributed by atoms with van der Waals surface area (Å²) in [5.74, 6) is 0.313. The molecule has 31 heavy (non-hydrogen) atoms. The van der Waals surface area contributed by atoms with Crippen LogP contribution >= 0.6 is 11.3 Å². The molecule has 2 aromatic carbocycles. The van der Waals surface area contributed by atoms with Crippen LogP contribution in [0.2, 0.25) is 0 Å². The van der Waals surface area contributed by atoms with Gasteiger partial charge in [0.05, 0.1) is 5.69 Å². The van der Waals surface area contributed by atoms with Gasteiger partial charge in [-0.25, -0.2) is 4.98 Å². The molecule has 160 valence electrons. The first-order valence-electron chi connectivity index (χ1n) is 10.7. The molecule has 1 aliphatic rings. The van der Waals surface area contributed by atoms with Gasteiger partial charge < -0.3 is 10.6 Å². The van der Waals surface area contributed by atoms with Crippen molar-refractivity contribution >= 4 is 28.8 Å². The average Bonchev–Trinajstić information content (AvgIpc) is 3.49. The number of nitrogens with zero attached hydrogens (tertiary/aromatic N) is 1. The Morgan fingerprint density at radius 1 is 1.13 bits per heavy atom. The highest BCUT2D eigenvalue weighted by Gasteiger charge is 2.29. The SMILES string of the molecule is CC(=O)N[C@@H](C)CCc1ccc(-c2csc(-c3cccc(NC(=O)C4CC4)c3)n2)cc1. The van der Waals surface area contributed by atoms with Gasteiger partial charge in [-0.05, 0) is 50.3 Å². The molecule has 1 atom stereocenters. The van der Waals surface area contributed by atoms with E-state index in [1.165, 1.54) is 5.56 Å². The smallest absolute Gasteiger partial charge is 0.227 e. The maximum absolute atomic E-state index is 12.0. The van der Waals surface area contributed by atoms with Gasteiger partial charge in [-0.1, -0.05) is 36.4 Å². The molecule has 3 aromatic rings. The van der Waals surface area contributed by atoms with Crippen LogP contribution < -0.4 is 10.6 Å². The molecule has 0 saturated heterocycles. The largest absolute Gasteiger partial charge is 0.354 e. The number of thiazole rings is 1.